The van der Waals surface area contributed by atoms with Gasteiger partial charge < -0.3 is 15.4 Å². The topological polar surface area (TPSA) is 106 Å². The van der Waals surface area contributed by atoms with Crippen LogP contribution in [0.2, 0.25) is 0 Å². The SMILES string of the molecule is CCNC(=NCc1cccc(S(N)(=O)=O)c1)NCC(C)Oc1ccc(F)cc1. The van der Waals surface area contributed by atoms with Gasteiger partial charge in [0, 0.05) is 6.54 Å². The Bertz CT molecular complexity index is 902. The lowest BCUT2D eigenvalue weighted by atomic mass is 10.2. The molecule has 7 nitrogen and oxygen atoms in total. The molecule has 9 heteroatoms. The van der Waals surface area contributed by atoms with Crippen LogP contribution in [0.5, 0.6) is 5.75 Å². The summed E-state index contributed by atoms with van der Waals surface area (Å²) < 4.78 is 41.6. The van der Waals surface area contributed by atoms with Crippen LogP contribution in [0.4, 0.5) is 4.39 Å². The monoisotopic (exact) mass is 408 g/mol. The van der Waals surface area contributed by atoms with Crippen molar-refractivity contribution in [2.45, 2.75) is 31.4 Å². The molecule has 0 saturated heterocycles. The highest BCUT2D eigenvalue weighted by molar-refractivity contribution is 7.89. The van der Waals surface area contributed by atoms with Gasteiger partial charge in [0.25, 0.3) is 0 Å². The molecule has 0 aromatic heterocycles. The third-order valence-electron chi connectivity index (χ3n) is 3.70. The van der Waals surface area contributed by atoms with Gasteiger partial charge in [0.05, 0.1) is 18.0 Å². The molecular weight excluding hydrogens is 383 g/mol. The molecule has 0 saturated carbocycles. The molecule has 0 aliphatic rings. The van der Waals surface area contributed by atoms with E-state index in [2.05, 4.69) is 15.6 Å². The van der Waals surface area contributed by atoms with Crippen LogP contribution in [0.3, 0.4) is 0 Å². The van der Waals surface area contributed by atoms with Crippen LogP contribution in [0, 0.1) is 5.82 Å². The third kappa shape index (κ3) is 7.16. The fourth-order valence-electron chi connectivity index (χ4n) is 2.36. The number of aliphatic imine (C=N–C) groups is 1. The first kappa shape index (κ1) is 21.6. The molecule has 2 rings (SSSR count). The van der Waals surface area contributed by atoms with Crippen LogP contribution in [0.25, 0.3) is 0 Å². The van der Waals surface area contributed by atoms with Crippen molar-refractivity contribution in [3.63, 3.8) is 0 Å². The summed E-state index contributed by atoms with van der Waals surface area (Å²) in [6.45, 7) is 5.25. The molecule has 2 aromatic rings. The maximum Gasteiger partial charge on any atom is 0.238 e. The fraction of sp³-hybridized carbons (Fsp3) is 0.316. The number of hydrogen-bond acceptors (Lipinski definition) is 4. The standard InChI is InChI=1S/C19H25FN4O3S/c1-3-22-19(23-12-14(2)27-17-9-7-16(20)8-10-17)24-13-15-5-4-6-18(11-15)28(21,25)26/h4-11,14H,3,12-13H2,1-2H3,(H2,21,25,26)(H2,22,23,24). The van der Waals surface area contributed by atoms with Gasteiger partial charge in [-0.15, -0.1) is 0 Å². The molecule has 1 unspecified atom stereocenters. The predicted octanol–water partition coefficient (Wildman–Crippen LogP) is 2.00. The molecule has 0 aliphatic heterocycles. The largest absolute Gasteiger partial charge is 0.489 e. The number of sulfonamides is 1. The Balaban J connectivity index is 1.95. The van der Waals surface area contributed by atoms with Gasteiger partial charge in [-0.25, -0.2) is 22.9 Å². The summed E-state index contributed by atoms with van der Waals surface area (Å²) in [7, 11) is -3.75. The van der Waals surface area contributed by atoms with Crippen molar-refractivity contribution < 1.29 is 17.5 Å². The average molecular weight is 408 g/mol. The molecular formula is C19H25FN4O3S. The molecule has 28 heavy (non-hydrogen) atoms. The van der Waals surface area contributed by atoms with Crippen molar-refractivity contribution in [3.05, 3.63) is 59.9 Å². The quantitative estimate of drug-likeness (QED) is 0.458. The Morgan fingerprint density at radius 3 is 2.57 bits per heavy atom. The Labute approximate surface area is 164 Å². The minimum atomic E-state index is -3.75. The Morgan fingerprint density at radius 2 is 1.93 bits per heavy atom. The highest BCUT2D eigenvalue weighted by Crippen LogP contribution is 2.13. The van der Waals surface area contributed by atoms with Crippen molar-refractivity contribution in [1.29, 1.82) is 0 Å². The van der Waals surface area contributed by atoms with Gasteiger partial charge in [0.1, 0.15) is 17.7 Å². The maximum atomic E-state index is 12.9. The van der Waals surface area contributed by atoms with Gasteiger partial charge >= 0.3 is 0 Å². The van der Waals surface area contributed by atoms with Crippen LogP contribution in [0.1, 0.15) is 19.4 Å². The molecule has 0 bridgehead atoms. The Morgan fingerprint density at radius 1 is 1.21 bits per heavy atom. The summed E-state index contributed by atoms with van der Waals surface area (Å²) in [6.07, 6.45) is -0.181. The molecule has 0 heterocycles. The van der Waals surface area contributed by atoms with Crippen molar-refractivity contribution in [3.8, 4) is 5.75 Å². The van der Waals surface area contributed by atoms with Crippen LogP contribution in [-0.2, 0) is 16.6 Å². The molecule has 0 aliphatic carbocycles. The van der Waals surface area contributed by atoms with Gasteiger partial charge in [-0.1, -0.05) is 12.1 Å². The fourth-order valence-corrected chi connectivity index (χ4v) is 2.94. The van der Waals surface area contributed by atoms with Gasteiger partial charge in [-0.05, 0) is 55.8 Å². The van der Waals surface area contributed by atoms with Crippen LogP contribution < -0.4 is 20.5 Å². The van der Waals surface area contributed by atoms with E-state index in [1.54, 1.807) is 24.3 Å². The smallest absolute Gasteiger partial charge is 0.238 e. The van der Waals surface area contributed by atoms with E-state index in [0.29, 0.717) is 24.8 Å². The predicted molar refractivity (Wildman–Crippen MR) is 107 cm³/mol. The van der Waals surface area contributed by atoms with E-state index in [0.717, 1.165) is 5.56 Å². The second-order valence-corrected chi connectivity index (χ2v) is 7.71. The maximum absolute atomic E-state index is 12.9. The van der Waals surface area contributed by atoms with Gasteiger partial charge in [-0.3, -0.25) is 0 Å². The van der Waals surface area contributed by atoms with Crippen LogP contribution >= 0.6 is 0 Å². The van der Waals surface area contributed by atoms with Gasteiger partial charge in [-0.2, -0.15) is 0 Å². The van der Waals surface area contributed by atoms with Crippen molar-refractivity contribution >= 4 is 16.0 Å². The van der Waals surface area contributed by atoms with E-state index in [-0.39, 0.29) is 23.4 Å². The van der Waals surface area contributed by atoms with Gasteiger partial charge in [0.15, 0.2) is 5.96 Å². The molecule has 4 N–H and O–H groups in total. The molecule has 1 atom stereocenters. The van der Waals surface area contributed by atoms with E-state index in [9.17, 15) is 12.8 Å². The number of ether oxygens (including phenoxy) is 1. The van der Waals surface area contributed by atoms with Crippen LogP contribution in [-0.4, -0.2) is 33.6 Å². The number of nitrogens with zero attached hydrogens (tertiary/aromatic N) is 1. The van der Waals surface area contributed by atoms with Gasteiger partial charge in [0.2, 0.25) is 10.0 Å². The third-order valence-corrected chi connectivity index (χ3v) is 4.61. The van der Waals surface area contributed by atoms with E-state index >= 15 is 0 Å². The summed E-state index contributed by atoms with van der Waals surface area (Å²) >= 11 is 0. The molecule has 0 spiro atoms. The van der Waals surface area contributed by atoms with Crippen molar-refractivity contribution in [2.75, 3.05) is 13.1 Å². The minimum absolute atomic E-state index is 0.0551. The minimum Gasteiger partial charge on any atom is -0.489 e. The first-order valence-electron chi connectivity index (χ1n) is 8.84. The number of halogens is 1. The van der Waals surface area contributed by atoms with Crippen molar-refractivity contribution in [2.24, 2.45) is 10.1 Å². The lowest BCUT2D eigenvalue weighted by Gasteiger charge is -2.17. The molecule has 0 amide bonds. The molecule has 152 valence electrons. The number of nitrogens with one attached hydrogen (secondary N) is 2. The zero-order valence-electron chi connectivity index (χ0n) is 15.9. The highest BCUT2D eigenvalue weighted by Gasteiger charge is 2.09. The Hall–Kier alpha value is -2.65. The number of rotatable bonds is 8. The van der Waals surface area contributed by atoms with E-state index in [1.807, 2.05) is 13.8 Å². The first-order chi connectivity index (χ1) is 13.3. The summed E-state index contributed by atoms with van der Waals surface area (Å²) in [4.78, 5) is 4.51. The number of nitrogens with two attached hydrogens (primary N) is 1. The number of guanidine groups is 1. The normalized spacial score (nSPS) is 13.1. The zero-order chi connectivity index (χ0) is 20.6. The summed E-state index contributed by atoms with van der Waals surface area (Å²) in [5, 5.41) is 11.4. The molecule has 2 aromatic carbocycles. The summed E-state index contributed by atoms with van der Waals surface area (Å²) in [5.41, 5.74) is 0.722. The highest BCUT2D eigenvalue weighted by atomic mass is 32.2. The number of benzene rings is 2. The van der Waals surface area contributed by atoms with E-state index < -0.39 is 10.0 Å². The molecule has 0 radical (unpaired) electrons. The summed E-state index contributed by atoms with van der Waals surface area (Å²) in [5.74, 6) is 0.835. The summed E-state index contributed by atoms with van der Waals surface area (Å²) in [6, 6.07) is 12.2. The van der Waals surface area contributed by atoms with E-state index in [1.165, 1.54) is 24.3 Å². The second-order valence-electron chi connectivity index (χ2n) is 6.15. The zero-order valence-corrected chi connectivity index (χ0v) is 16.7. The second kappa shape index (κ2) is 10.0. The van der Waals surface area contributed by atoms with E-state index in [4.69, 9.17) is 9.88 Å². The molecule has 0 fully saturated rings. The average Bonchev–Trinajstić information content (AvgIpc) is 2.65. The number of hydrogen-bond donors (Lipinski definition) is 3. The number of primary sulfonamides is 1. The first-order valence-corrected chi connectivity index (χ1v) is 10.4. The lowest BCUT2D eigenvalue weighted by Crippen LogP contribution is -2.41. The Kier molecular flexibility index (Phi) is 7.77. The van der Waals surface area contributed by atoms with Crippen molar-refractivity contribution in [1.82, 2.24) is 10.6 Å². The van der Waals surface area contributed by atoms with Crippen LogP contribution in [0.15, 0.2) is 58.4 Å². The lowest BCUT2D eigenvalue weighted by molar-refractivity contribution is 0.223.